The van der Waals surface area contributed by atoms with E-state index in [1.807, 2.05) is 17.0 Å². The Bertz CT molecular complexity index is 1240. The van der Waals surface area contributed by atoms with Gasteiger partial charge in [-0.15, -0.1) is 11.3 Å². The van der Waals surface area contributed by atoms with E-state index < -0.39 is 11.9 Å². The molecule has 0 N–H and O–H groups in total. The Morgan fingerprint density at radius 3 is 2.61 bits per heavy atom. The van der Waals surface area contributed by atoms with Crippen LogP contribution < -0.4 is 0 Å². The van der Waals surface area contributed by atoms with E-state index in [2.05, 4.69) is 10.00 Å². The zero-order chi connectivity index (χ0) is 27.1. The van der Waals surface area contributed by atoms with Gasteiger partial charge >= 0.3 is 6.18 Å². The van der Waals surface area contributed by atoms with E-state index in [0.29, 0.717) is 18.7 Å². The number of hydrogen-bond donors (Lipinski definition) is 0. The zero-order valence-corrected chi connectivity index (χ0v) is 22.7. The third-order valence-corrected chi connectivity index (χ3v) is 7.62. The first-order valence-electron chi connectivity index (χ1n) is 12.5. The Labute approximate surface area is 229 Å². The van der Waals surface area contributed by atoms with Crippen molar-refractivity contribution in [3.8, 4) is 11.1 Å². The Balaban J connectivity index is 0.000000181. The van der Waals surface area contributed by atoms with E-state index in [4.69, 9.17) is 16.3 Å². The minimum atomic E-state index is -4.43. The van der Waals surface area contributed by atoms with Crippen LogP contribution in [-0.2, 0) is 35.2 Å². The third kappa shape index (κ3) is 7.47. The molecule has 0 spiro atoms. The van der Waals surface area contributed by atoms with Gasteiger partial charge in [-0.25, -0.2) is 0 Å². The molecule has 0 bridgehead atoms. The lowest BCUT2D eigenvalue weighted by molar-refractivity contribution is -0.141. The minimum Gasteiger partial charge on any atom is -0.379 e. The van der Waals surface area contributed by atoms with Gasteiger partial charge in [0.15, 0.2) is 5.69 Å². The zero-order valence-electron chi connectivity index (χ0n) is 21.1. The van der Waals surface area contributed by atoms with E-state index in [0.717, 1.165) is 50.1 Å². The highest BCUT2D eigenvalue weighted by molar-refractivity contribution is 7.16. The molecule has 2 aliphatic rings. The van der Waals surface area contributed by atoms with Gasteiger partial charge in [0.25, 0.3) is 0 Å². The number of alkyl halides is 3. The molecule has 5 rings (SSSR count). The van der Waals surface area contributed by atoms with Crippen molar-refractivity contribution in [1.82, 2.24) is 19.6 Å². The van der Waals surface area contributed by atoms with Crippen LogP contribution >= 0.6 is 22.9 Å². The number of morpholine rings is 1. The fraction of sp³-hybridized carbons (Fsp3) is 0.407. The van der Waals surface area contributed by atoms with E-state index in [1.165, 1.54) is 21.3 Å². The van der Waals surface area contributed by atoms with Crippen molar-refractivity contribution in [2.75, 3.05) is 39.4 Å². The van der Waals surface area contributed by atoms with Gasteiger partial charge in [-0.1, -0.05) is 48.0 Å². The van der Waals surface area contributed by atoms with Crippen molar-refractivity contribution in [2.45, 2.75) is 32.6 Å². The SMILES string of the molecule is CCn1cc(-c2ccccc2)c(C(F)(F)F)n1.O=C(/C=C/CN1CCOCC1)N1CCc2cc(Cl)sc2C1. The number of aromatic nitrogens is 2. The van der Waals surface area contributed by atoms with E-state index in [1.54, 1.807) is 54.7 Å². The summed E-state index contributed by atoms with van der Waals surface area (Å²) in [5.41, 5.74) is 1.12. The molecule has 0 atom stereocenters. The maximum absolute atomic E-state index is 12.8. The van der Waals surface area contributed by atoms with E-state index in [-0.39, 0.29) is 11.5 Å². The van der Waals surface area contributed by atoms with Crippen molar-refractivity contribution in [3.05, 3.63) is 75.2 Å². The molecule has 0 aliphatic carbocycles. The molecular formula is C27H30ClF3N4O2S. The molecule has 38 heavy (non-hydrogen) atoms. The number of hydrogen-bond acceptors (Lipinski definition) is 5. The molecule has 4 heterocycles. The number of thiophene rings is 1. The number of ether oxygens (including phenoxy) is 1. The average molecular weight is 567 g/mol. The quantitative estimate of drug-likeness (QED) is 0.368. The Kier molecular flexibility index (Phi) is 9.64. The van der Waals surface area contributed by atoms with Gasteiger partial charge in [0, 0.05) is 55.4 Å². The molecule has 1 aromatic carbocycles. The lowest BCUT2D eigenvalue weighted by atomic mass is 10.1. The van der Waals surface area contributed by atoms with Gasteiger partial charge in [0.05, 0.1) is 24.1 Å². The molecule has 0 unspecified atom stereocenters. The van der Waals surface area contributed by atoms with Crippen molar-refractivity contribution in [1.29, 1.82) is 0 Å². The summed E-state index contributed by atoms with van der Waals surface area (Å²) in [6.07, 6.45) is 1.57. The normalized spacial score (nSPS) is 16.3. The van der Waals surface area contributed by atoms with Crippen LogP contribution in [0.3, 0.4) is 0 Å². The van der Waals surface area contributed by atoms with Gasteiger partial charge in [0.2, 0.25) is 5.91 Å². The monoisotopic (exact) mass is 566 g/mol. The highest BCUT2D eigenvalue weighted by Gasteiger charge is 2.37. The first kappa shape index (κ1) is 28.4. The van der Waals surface area contributed by atoms with Gasteiger partial charge in [-0.3, -0.25) is 14.4 Å². The van der Waals surface area contributed by atoms with Crippen LogP contribution in [-0.4, -0.2) is 64.9 Å². The number of benzene rings is 1. The fourth-order valence-corrected chi connectivity index (χ4v) is 5.65. The van der Waals surface area contributed by atoms with Crippen LogP contribution in [0.2, 0.25) is 4.34 Å². The molecule has 204 valence electrons. The molecule has 1 saturated heterocycles. The second-order valence-electron chi connectivity index (χ2n) is 8.93. The number of nitrogens with zero attached hydrogens (tertiary/aromatic N) is 4. The van der Waals surface area contributed by atoms with Crippen molar-refractivity contribution >= 4 is 28.8 Å². The van der Waals surface area contributed by atoms with Crippen molar-refractivity contribution in [2.24, 2.45) is 0 Å². The summed E-state index contributed by atoms with van der Waals surface area (Å²) in [7, 11) is 0. The third-order valence-electron chi connectivity index (χ3n) is 6.33. The fourth-order valence-electron chi connectivity index (χ4n) is 4.28. The summed E-state index contributed by atoms with van der Waals surface area (Å²) in [5, 5.41) is 3.57. The molecule has 0 saturated carbocycles. The van der Waals surface area contributed by atoms with Gasteiger partial charge < -0.3 is 9.64 Å². The minimum absolute atomic E-state index is 0.0958. The lowest BCUT2D eigenvalue weighted by Crippen LogP contribution is -2.37. The van der Waals surface area contributed by atoms with Crippen LogP contribution in [0.4, 0.5) is 13.2 Å². The first-order chi connectivity index (χ1) is 18.2. The van der Waals surface area contributed by atoms with Crippen LogP contribution in [0, 0.1) is 0 Å². The molecule has 3 aromatic rings. The van der Waals surface area contributed by atoms with Crippen LogP contribution in [0.5, 0.6) is 0 Å². The predicted molar refractivity (Wildman–Crippen MR) is 143 cm³/mol. The molecule has 0 radical (unpaired) electrons. The highest BCUT2D eigenvalue weighted by Crippen LogP contribution is 2.36. The summed E-state index contributed by atoms with van der Waals surface area (Å²) in [6, 6.07) is 10.5. The maximum atomic E-state index is 12.8. The Hall–Kier alpha value is -2.66. The molecule has 1 amide bonds. The standard InChI is InChI=1S/C15H19ClN2O2S.C12H11F3N2/c16-14-10-12-3-5-18(11-13(12)21-14)15(19)2-1-4-17-6-8-20-9-7-17;1-2-17-8-10(9-6-4-3-5-7-9)11(16-17)12(13,14)15/h1-2,10H,3-9,11H2;3-8H,2H2,1H3/b2-1+;. The average Bonchev–Trinajstić information content (AvgIpc) is 3.53. The van der Waals surface area contributed by atoms with Crippen molar-refractivity contribution < 1.29 is 22.7 Å². The molecular weight excluding hydrogens is 537 g/mol. The van der Waals surface area contributed by atoms with Gasteiger partial charge in [-0.05, 0) is 30.5 Å². The molecule has 2 aliphatic heterocycles. The largest absolute Gasteiger partial charge is 0.435 e. The van der Waals surface area contributed by atoms with Gasteiger partial charge in [-0.2, -0.15) is 18.3 Å². The van der Waals surface area contributed by atoms with Crippen LogP contribution in [0.1, 0.15) is 23.1 Å². The summed E-state index contributed by atoms with van der Waals surface area (Å²) < 4.78 is 45.8. The number of halogens is 4. The number of carbonyl (C=O) groups excluding carboxylic acids is 1. The number of amides is 1. The maximum Gasteiger partial charge on any atom is 0.435 e. The van der Waals surface area contributed by atoms with Crippen LogP contribution in [0.15, 0.2) is 54.7 Å². The van der Waals surface area contributed by atoms with E-state index in [9.17, 15) is 18.0 Å². The molecule has 1 fully saturated rings. The Morgan fingerprint density at radius 2 is 1.92 bits per heavy atom. The molecule has 6 nitrogen and oxygen atoms in total. The summed E-state index contributed by atoms with van der Waals surface area (Å²) in [4.78, 5) is 17.6. The smallest absolute Gasteiger partial charge is 0.379 e. The summed E-state index contributed by atoms with van der Waals surface area (Å²) in [5.74, 6) is 0.0958. The number of rotatable bonds is 5. The summed E-state index contributed by atoms with van der Waals surface area (Å²) >= 11 is 7.62. The second kappa shape index (κ2) is 12.9. The number of fused-ring (bicyclic) bond motifs is 1. The van der Waals surface area contributed by atoms with Crippen molar-refractivity contribution in [3.63, 3.8) is 0 Å². The second-order valence-corrected chi connectivity index (χ2v) is 10.7. The highest BCUT2D eigenvalue weighted by atomic mass is 35.5. The van der Waals surface area contributed by atoms with E-state index >= 15 is 0 Å². The number of aryl methyl sites for hydroxylation is 1. The van der Waals surface area contributed by atoms with Crippen LogP contribution in [0.25, 0.3) is 11.1 Å². The molecule has 11 heteroatoms. The topological polar surface area (TPSA) is 50.6 Å². The molecule has 2 aromatic heterocycles. The Morgan fingerprint density at radius 1 is 1.18 bits per heavy atom. The van der Waals surface area contributed by atoms with Gasteiger partial charge in [0.1, 0.15) is 0 Å². The summed E-state index contributed by atoms with van der Waals surface area (Å²) in [6.45, 7) is 7.91. The first-order valence-corrected chi connectivity index (χ1v) is 13.7. The predicted octanol–water partition coefficient (Wildman–Crippen LogP) is 5.76. The lowest BCUT2D eigenvalue weighted by Gasteiger charge is -2.26. The number of carbonyl (C=O) groups is 1.